The molecule has 2 aromatic carbocycles. The molecule has 0 spiro atoms. The van der Waals surface area contributed by atoms with Crippen LogP contribution in [0.1, 0.15) is 5.56 Å². The zero-order valence-electron chi connectivity index (χ0n) is 13.4. The number of ether oxygens (including phenoxy) is 2. The maximum Gasteiger partial charge on any atom is 0.229 e. The molecule has 0 saturated heterocycles. The minimum atomic E-state index is -3.31. The van der Waals surface area contributed by atoms with Crippen LogP contribution in [0.4, 0.5) is 11.4 Å². The number of hydrogen-bond acceptors (Lipinski definition) is 5. The van der Waals surface area contributed by atoms with E-state index in [1.165, 1.54) is 0 Å². The van der Waals surface area contributed by atoms with Crippen molar-refractivity contribution in [1.82, 2.24) is 0 Å². The Labute approximate surface area is 146 Å². The molecular weight excluding hydrogens is 352 g/mol. The van der Waals surface area contributed by atoms with Crippen LogP contribution in [0.25, 0.3) is 0 Å². The van der Waals surface area contributed by atoms with E-state index in [4.69, 9.17) is 21.1 Å². The number of aliphatic imine (C=N–C) groups is 1. The van der Waals surface area contributed by atoms with E-state index in [-0.39, 0.29) is 5.17 Å². The summed E-state index contributed by atoms with van der Waals surface area (Å²) in [6, 6.07) is 11.8. The van der Waals surface area contributed by atoms with Crippen LogP contribution in [0.5, 0.6) is 11.5 Å². The van der Waals surface area contributed by atoms with Crippen LogP contribution in [-0.2, 0) is 10.0 Å². The number of sulfonamides is 1. The molecular formula is C16H17ClN2O4S. The second-order valence-corrected chi connectivity index (χ2v) is 7.00. The van der Waals surface area contributed by atoms with Crippen molar-refractivity contribution in [1.29, 1.82) is 0 Å². The molecule has 0 fully saturated rings. The molecule has 8 heteroatoms. The molecule has 0 aromatic heterocycles. The largest absolute Gasteiger partial charge is 0.493 e. The molecule has 0 atom stereocenters. The van der Waals surface area contributed by atoms with Crippen molar-refractivity contribution in [2.24, 2.45) is 4.99 Å². The molecule has 0 radical (unpaired) electrons. The zero-order valence-corrected chi connectivity index (χ0v) is 15.0. The molecule has 6 nitrogen and oxygen atoms in total. The van der Waals surface area contributed by atoms with Gasteiger partial charge >= 0.3 is 0 Å². The summed E-state index contributed by atoms with van der Waals surface area (Å²) in [5.41, 5.74) is 1.72. The molecule has 0 amide bonds. The Kier molecular flexibility index (Phi) is 5.69. The second-order valence-electron chi connectivity index (χ2n) is 4.89. The fourth-order valence-electron chi connectivity index (χ4n) is 1.96. The maximum absolute atomic E-state index is 11.2. The van der Waals surface area contributed by atoms with Gasteiger partial charge < -0.3 is 9.47 Å². The molecule has 2 aromatic rings. The van der Waals surface area contributed by atoms with E-state index >= 15 is 0 Å². The van der Waals surface area contributed by atoms with E-state index in [0.29, 0.717) is 28.4 Å². The lowest BCUT2D eigenvalue weighted by Crippen LogP contribution is -2.09. The van der Waals surface area contributed by atoms with Crippen LogP contribution < -0.4 is 14.2 Å². The zero-order chi connectivity index (χ0) is 17.7. The Morgan fingerprint density at radius 3 is 2.21 bits per heavy atom. The number of rotatable bonds is 6. The van der Waals surface area contributed by atoms with Gasteiger partial charge in [0, 0.05) is 11.3 Å². The van der Waals surface area contributed by atoms with Crippen LogP contribution in [-0.4, -0.2) is 34.1 Å². The average Bonchev–Trinajstić information content (AvgIpc) is 2.54. The summed E-state index contributed by atoms with van der Waals surface area (Å²) in [5.74, 6) is 1.15. The first kappa shape index (κ1) is 18.1. The maximum atomic E-state index is 11.2. The van der Waals surface area contributed by atoms with Crippen LogP contribution in [0.15, 0.2) is 47.5 Å². The number of methoxy groups -OCH3 is 2. The Bertz CT molecular complexity index is 849. The van der Waals surface area contributed by atoms with Gasteiger partial charge in [0.25, 0.3) is 0 Å². The van der Waals surface area contributed by atoms with Crippen molar-refractivity contribution in [3.8, 4) is 11.5 Å². The number of benzene rings is 2. The fraction of sp³-hybridized carbons (Fsp3) is 0.188. The normalized spacial score (nSPS) is 11.9. The highest BCUT2D eigenvalue weighted by Crippen LogP contribution is 2.29. The predicted octanol–water partition coefficient (Wildman–Crippen LogP) is 3.39. The Hall–Kier alpha value is -2.25. The number of nitrogens with one attached hydrogen (secondary N) is 1. The van der Waals surface area contributed by atoms with E-state index in [0.717, 1.165) is 6.26 Å². The quantitative estimate of drug-likeness (QED) is 0.793. The van der Waals surface area contributed by atoms with Crippen molar-refractivity contribution >= 4 is 38.2 Å². The van der Waals surface area contributed by atoms with Gasteiger partial charge in [0.05, 0.1) is 26.2 Å². The van der Waals surface area contributed by atoms with Crippen LogP contribution in [0.3, 0.4) is 0 Å². The fourth-order valence-corrected chi connectivity index (χ4v) is 2.74. The van der Waals surface area contributed by atoms with Gasteiger partial charge in [-0.2, -0.15) is 0 Å². The van der Waals surface area contributed by atoms with Crippen molar-refractivity contribution < 1.29 is 17.9 Å². The van der Waals surface area contributed by atoms with E-state index in [1.807, 2.05) is 0 Å². The summed E-state index contributed by atoms with van der Waals surface area (Å²) in [5, 5.41) is 0.278. The number of halogens is 1. The van der Waals surface area contributed by atoms with Crippen LogP contribution in [0, 0.1) is 0 Å². The predicted molar refractivity (Wildman–Crippen MR) is 96.5 cm³/mol. The highest BCUT2D eigenvalue weighted by atomic mass is 35.5. The van der Waals surface area contributed by atoms with E-state index in [9.17, 15) is 8.42 Å². The SMILES string of the molecule is COc1ccc(/C(Cl)=N/c2ccc(NS(C)(=O)=O)cc2)cc1OC. The Balaban J connectivity index is 2.24. The van der Waals surface area contributed by atoms with Crippen molar-refractivity contribution in [2.75, 3.05) is 25.2 Å². The Morgan fingerprint density at radius 1 is 1.04 bits per heavy atom. The summed E-state index contributed by atoms with van der Waals surface area (Å²) in [7, 11) is -0.211. The third kappa shape index (κ3) is 4.87. The van der Waals surface area contributed by atoms with Gasteiger partial charge in [-0.1, -0.05) is 11.6 Å². The number of hydrogen-bond donors (Lipinski definition) is 1. The number of nitrogens with zero attached hydrogens (tertiary/aromatic N) is 1. The summed E-state index contributed by atoms with van der Waals surface area (Å²) in [6.45, 7) is 0. The van der Waals surface area contributed by atoms with Gasteiger partial charge in [0.15, 0.2) is 11.5 Å². The number of anilines is 1. The molecule has 1 N–H and O–H groups in total. The summed E-state index contributed by atoms with van der Waals surface area (Å²) >= 11 is 6.25. The van der Waals surface area contributed by atoms with Gasteiger partial charge in [-0.25, -0.2) is 13.4 Å². The van der Waals surface area contributed by atoms with E-state index in [2.05, 4.69) is 9.71 Å². The molecule has 0 aliphatic rings. The van der Waals surface area contributed by atoms with Crippen molar-refractivity contribution in [2.45, 2.75) is 0 Å². The molecule has 0 bridgehead atoms. The van der Waals surface area contributed by atoms with Crippen LogP contribution >= 0.6 is 11.6 Å². The molecule has 0 aliphatic carbocycles. The van der Waals surface area contributed by atoms with Gasteiger partial charge in [0.2, 0.25) is 10.0 Å². The second kappa shape index (κ2) is 7.55. The summed E-state index contributed by atoms with van der Waals surface area (Å²) in [6.07, 6.45) is 1.09. The lowest BCUT2D eigenvalue weighted by Gasteiger charge is -2.09. The first-order valence-corrected chi connectivity index (χ1v) is 9.14. The lowest BCUT2D eigenvalue weighted by molar-refractivity contribution is 0.355. The van der Waals surface area contributed by atoms with Crippen molar-refractivity contribution in [3.63, 3.8) is 0 Å². The highest BCUT2D eigenvalue weighted by Gasteiger charge is 2.08. The topological polar surface area (TPSA) is 77.0 Å². The van der Waals surface area contributed by atoms with Crippen LogP contribution in [0.2, 0.25) is 0 Å². The molecule has 128 valence electrons. The summed E-state index contributed by atoms with van der Waals surface area (Å²) < 4.78 is 35.2. The Morgan fingerprint density at radius 2 is 1.67 bits per heavy atom. The molecule has 0 saturated carbocycles. The molecule has 0 unspecified atom stereocenters. The third-order valence-corrected chi connectivity index (χ3v) is 3.93. The molecule has 24 heavy (non-hydrogen) atoms. The van der Waals surface area contributed by atoms with Gasteiger partial charge in [0.1, 0.15) is 5.17 Å². The van der Waals surface area contributed by atoms with Crippen molar-refractivity contribution in [3.05, 3.63) is 48.0 Å². The van der Waals surface area contributed by atoms with E-state index < -0.39 is 10.0 Å². The minimum absolute atomic E-state index is 0.278. The first-order valence-electron chi connectivity index (χ1n) is 6.87. The molecule has 0 heterocycles. The molecule has 0 aliphatic heterocycles. The van der Waals surface area contributed by atoms with E-state index in [1.54, 1.807) is 56.7 Å². The summed E-state index contributed by atoms with van der Waals surface area (Å²) in [4.78, 5) is 4.31. The molecule has 2 rings (SSSR count). The third-order valence-electron chi connectivity index (χ3n) is 3.02. The smallest absolute Gasteiger partial charge is 0.229 e. The van der Waals surface area contributed by atoms with Gasteiger partial charge in [-0.15, -0.1) is 0 Å². The minimum Gasteiger partial charge on any atom is -0.493 e. The highest BCUT2D eigenvalue weighted by molar-refractivity contribution is 7.92. The lowest BCUT2D eigenvalue weighted by atomic mass is 10.2. The first-order chi connectivity index (χ1) is 11.3. The van der Waals surface area contributed by atoms with Gasteiger partial charge in [-0.3, -0.25) is 4.72 Å². The van der Waals surface area contributed by atoms with Gasteiger partial charge in [-0.05, 0) is 42.5 Å². The monoisotopic (exact) mass is 368 g/mol. The standard InChI is InChI=1S/C16H17ClN2O4S/c1-22-14-9-4-11(10-15(14)23-2)16(17)18-12-5-7-13(8-6-12)19-24(3,20)21/h4-10,19H,1-3H3/b18-16-. The average molecular weight is 369 g/mol.